The normalized spacial score (nSPS) is 14.8. The molecule has 22 heavy (non-hydrogen) atoms. The van der Waals surface area contributed by atoms with Gasteiger partial charge in [-0.3, -0.25) is 4.79 Å². The van der Waals surface area contributed by atoms with Crippen molar-refractivity contribution in [1.82, 2.24) is 14.9 Å². The maximum Gasteiger partial charge on any atom is 0.270 e. The smallest absolute Gasteiger partial charge is 0.270 e. The van der Waals surface area contributed by atoms with Gasteiger partial charge in [0.05, 0.1) is 5.69 Å². The Bertz CT molecular complexity index is 792. The van der Waals surface area contributed by atoms with Gasteiger partial charge in [0, 0.05) is 41.7 Å². The molecule has 0 fully saturated rings. The molecule has 0 unspecified atom stereocenters. The molecule has 3 N–H and O–H groups in total. The van der Waals surface area contributed by atoms with Crippen LogP contribution in [0.15, 0.2) is 30.3 Å². The average Bonchev–Trinajstić information content (AvgIpc) is 3.05. The Kier molecular flexibility index (Phi) is 3.11. The molecule has 0 atom stereocenters. The topological polar surface area (TPSA) is 75.0 Å². The van der Waals surface area contributed by atoms with Crippen molar-refractivity contribution in [2.24, 2.45) is 0 Å². The number of thiazole rings is 1. The number of nitrogens with one attached hydrogen (secondary N) is 1. The third-order valence-electron chi connectivity index (χ3n) is 4.07. The van der Waals surface area contributed by atoms with Crippen LogP contribution < -0.4 is 5.73 Å². The molecule has 0 spiro atoms. The first kappa shape index (κ1) is 13.3. The Labute approximate surface area is 131 Å². The lowest BCUT2D eigenvalue weighted by Gasteiger charge is -2.19. The maximum absolute atomic E-state index is 12.7. The van der Waals surface area contributed by atoms with Gasteiger partial charge in [-0.1, -0.05) is 18.2 Å². The summed E-state index contributed by atoms with van der Waals surface area (Å²) in [4.78, 5) is 23.4. The van der Waals surface area contributed by atoms with Crippen LogP contribution in [0.5, 0.6) is 0 Å². The third kappa shape index (κ3) is 2.25. The lowest BCUT2D eigenvalue weighted by molar-refractivity contribution is 0.0758. The fourth-order valence-electron chi connectivity index (χ4n) is 2.95. The Hall–Kier alpha value is -2.34. The number of para-hydroxylation sites is 1. The average molecular weight is 312 g/mol. The highest BCUT2D eigenvalue weighted by atomic mass is 32.1. The van der Waals surface area contributed by atoms with E-state index < -0.39 is 0 Å². The number of benzene rings is 1. The van der Waals surface area contributed by atoms with Gasteiger partial charge in [0.25, 0.3) is 5.91 Å². The molecule has 1 aliphatic heterocycles. The summed E-state index contributed by atoms with van der Waals surface area (Å²) < 4.78 is 0. The van der Waals surface area contributed by atoms with Crippen molar-refractivity contribution in [2.45, 2.75) is 12.8 Å². The zero-order valence-corrected chi connectivity index (χ0v) is 12.8. The van der Waals surface area contributed by atoms with E-state index in [-0.39, 0.29) is 5.91 Å². The molecule has 0 saturated heterocycles. The SMILES string of the molecule is Nc1nc2c(s1)CCN(C(=O)c1cc3ccccc3[nH]1)CC2. The number of H-pyrrole nitrogens is 1. The Morgan fingerprint density at radius 3 is 2.95 bits per heavy atom. The van der Waals surface area contributed by atoms with Gasteiger partial charge in [-0.05, 0) is 12.1 Å². The number of fused-ring (bicyclic) bond motifs is 2. The van der Waals surface area contributed by atoms with Crippen LogP contribution in [0, 0.1) is 0 Å². The highest BCUT2D eigenvalue weighted by Gasteiger charge is 2.23. The number of nitrogens with zero attached hydrogens (tertiary/aromatic N) is 2. The molecule has 1 aromatic carbocycles. The molecule has 0 radical (unpaired) electrons. The third-order valence-corrected chi connectivity index (χ3v) is 5.06. The lowest BCUT2D eigenvalue weighted by Crippen LogP contribution is -2.33. The van der Waals surface area contributed by atoms with Gasteiger partial charge in [-0.2, -0.15) is 0 Å². The summed E-state index contributed by atoms with van der Waals surface area (Å²) in [7, 11) is 0. The largest absolute Gasteiger partial charge is 0.375 e. The molecule has 112 valence electrons. The fraction of sp³-hybridized carbons (Fsp3) is 0.250. The van der Waals surface area contributed by atoms with Gasteiger partial charge < -0.3 is 15.6 Å². The summed E-state index contributed by atoms with van der Waals surface area (Å²) in [5, 5.41) is 1.69. The van der Waals surface area contributed by atoms with Crippen LogP contribution in [0.4, 0.5) is 5.13 Å². The molecule has 3 heterocycles. The van der Waals surface area contributed by atoms with Gasteiger partial charge in [0.1, 0.15) is 5.69 Å². The molecular weight excluding hydrogens is 296 g/mol. The van der Waals surface area contributed by atoms with Gasteiger partial charge in [0.15, 0.2) is 5.13 Å². The predicted molar refractivity (Wildman–Crippen MR) is 88.1 cm³/mol. The predicted octanol–water partition coefficient (Wildman–Crippen LogP) is 2.45. The first-order chi connectivity index (χ1) is 10.7. The Morgan fingerprint density at radius 2 is 2.09 bits per heavy atom. The first-order valence-electron chi connectivity index (χ1n) is 7.32. The molecule has 6 heteroatoms. The molecule has 0 aliphatic carbocycles. The molecule has 2 aromatic heterocycles. The van der Waals surface area contributed by atoms with Crippen LogP contribution in [-0.4, -0.2) is 33.9 Å². The summed E-state index contributed by atoms with van der Waals surface area (Å²) in [5.74, 6) is 0.0549. The molecule has 0 bridgehead atoms. The zero-order chi connectivity index (χ0) is 15.1. The minimum Gasteiger partial charge on any atom is -0.375 e. The number of aromatic amines is 1. The second kappa shape index (κ2) is 5.14. The Morgan fingerprint density at radius 1 is 1.27 bits per heavy atom. The zero-order valence-electron chi connectivity index (χ0n) is 12.0. The summed E-state index contributed by atoms with van der Waals surface area (Å²) >= 11 is 1.54. The van der Waals surface area contributed by atoms with Crippen molar-refractivity contribution >= 4 is 33.3 Å². The van der Waals surface area contributed by atoms with Crippen molar-refractivity contribution in [2.75, 3.05) is 18.8 Å². The maximum atomic E-state index is 12.7. The highest BCUT2D eigenvalue weighted by molar-refractivity contribution is 7.15. The van der Waals surface area contributed by atoms with E-state index in [1.54, 1.807) is 0 Å². The summed E-state index contributed by atoms with van der Waals surface area (Å²) in [6.45, 7) is 1.40. The standard InChI is InChI=1S/C16H16N4OS/c17-16-19-12-5-7-20(8-6-14(12)22-16)15(21)13-9-10-3-1-2-4-11(10)18-13/h1-4,9,18H,5-8H2,(H2,17,19). The number of anilines is 1. The van der Waals surface area contributed by atoms with Crippen LogP contribution in [0.3, 0.4) is 0 Å². The van der Waals surface area contributed by atoms with Crippen molar-refractivity contribution < 1.29 is 4.79 Å². The van der Waals surface area contributed by atoms with Gasteiger partial charge >= 0.3 is 0 Å². The molecule has 1 aliphatic rings. The molecule has 4 rings (SSSR count). The van der Waals surface area contributed by atoms with Gasteiger partial charge in [-0.25, -0.2) is 4.98 Å². The van der Waals surface area contributed by atoms with E-state index in [1.807, 2.05) is 35.2 Å². The van der Waals surface area contributed by atoms with Crippen LogP contribution >= 0.6 is 11.3 Å². The van der Waals surface area contributed by atoms with Crippen molar-refractivity contribution in [1.29, 1.82) is 0 Å². The van der Waals surface area contributed by atoms with E-state index in [0.29, 0.717) is 23.9 Å². The highest BCUT2D eigenvalue weighted by Crippen LogP contribution is 2.25. The number of nitrogen functional groups attached to an aromatic ring is 1. The summed E-state index contributed by atoms with van der Waals surface area (Å²) in [6.07, 6.45) is 1.60. The molecule has 5 nitrogen and oxygen atoms in total. The van der Waals surface area contributed by atoms with Crippen LogP contribution in [0.2, 0.25) is 0 Å². The number of carbonyl (C=O) groups is 1. The quantitative estimate of drug-likeness (QED) is 0.725. The van der Waals surface area contributed by atoms with Gasteiger partial charge in [-0.15, -0.1) is 11.3 Å². The van der Waals surface area contributed by atoms with E-state index in [2.05, 4.69) is 9.97 Å². The van der Waals surface area contributed by atoms with E-state index >= 15 is 0 Å². The van der Waals surface area contributed by atoms with E-state index in [1.165, 1.54) is 16.2 Å². The van der Waals surface area contributed by atoms with E-state index in [0.717, 1.165) is 29.4 Å². The monoisotopic (exact) mass is 312 g/mol. The second-order valence-electron chi connectivity index (χ2n) is 5.48. The van der Waals surface area contributed by atoms with Gasteiger partial charge in [0.2, 0.25) is 0 Å². The van der Waals surface area contributed by atoms with Crippen LogP contribution in [0.25, 0.3) is 10.9 Å². The van der Waals surface area contributed by atoms with Crippen LogP contribution in [0.1, 0.15) is 21.1 Å². The number of carbonyl (C=O) groups excluding carboxylic acids is 1. The Balaban J connectivity index is 1.57. The fourth-order valence-corrected chi connectivity index (χ4v) is 3.81. The van der Waals surface area contributed by atoms with E-state index in [9.17, 15) is 4.79 Å². The first-order valence-corrected chi connectivity index (χ1v) is 8.13. The molecular formula is C16H16N4OS. The summed E-state index contributed by atoms with van der Waals surface area (Å²) in [6, 6.07) is 9.86. The molecule has 0 saturated carbocycles. The second-order valence-corrected chi connectivity index (χ2v) is 6.60. The van der Waals surface area contributed by atoms with Crippen molar-refractivity contribution in [3.63, 3.8) is 0 Å². The number of aromatic nitrogens is 2. The van der Waals surface area contributed by atoms with E-state index in [4.69, 9.17) is 5.73 Å². The summed E-state index contributed by atoms with van der Waals surface area (Å²) in [5.41, 5.74) is 8.46. The molecule has 3 aromatic rings. The molecule has 1 amide bonds. The van der Waals surface area contributed by atoms with Crippen molar-refractivity contribution in [3.8, 4) is 0 Å². The number of rotatable bonds is 1. The minimum atomic E-state index is 0.0549. The number of hydrogen-bond acceptors (Lipinski definition) is 4. The number of hydrogen-bond donors (Lipinski definition) is 2. The number of amides is 1. The number of nitrogens with two attached hydrogens (primary N) is 1. The lowest BCUT2D eigenvalue weighted by atomic mass is 10.2. The van der Waals surface area contributed by atoms with Crippen molar-refractivity contribution in [3.05, 3.63) is 46.6 Å². The minimum absolute atomic E-state index is 0.0549. The van der Waals surface area contributed by atoms with Crippen LogP contribution in [-0.2, 0) is 12.8 Å².